The summed E-state index contributed by atoms with van der Waals surface area (Å²) in [6.07, 6.45) is -3.76. The van der Waals surface area contributed by atoms with E-state index in [0.717, 1.165) is 6.92 Å². The number of Topliss-reactive ketones (excluding diaryl/α,β-unsaturated/α-hetero) is 2. The van der Waals surface area contributed by atoms with Crippen LogP contribution in [0.3, 0.4) is 0 Å². The number of hydrogen-bond acceptors (Lipinski definition) is 15. The third-order valence-electron chi connectivity index (χ3n) is 15.4. The molecule has 79 heavy (non-hydrogen) atoms. The zero-order chi connectivity index (χ0) is 59.3. The van der Waals surface area contributed by atoms with Crippen molar-refractivity contribution in [3.05, 3.63) is 29.8 Å². The first kappa shape index (κ1) is 65.1. The Morgan fingerprint density at radius 2 is 1.49 bits per heavy atom. The van der Waals surface area contributed by atoms with E-state index in [1.54, 1.807) is 52.0 Å². The van der Waals surface area contributed by atoms with E-state index in [4.69, 9.17) is 14.2 Å². The molecule has 3 saturated heterocycles. The molecular weight excluding hydrogens is 1020 g/mol. The Hall–Kier alpha value is -6.45. The zero-order valence-electron chi connectivity index (χ0n) is 48.7. The lowest BCUT2D eigenvalue weighted by atomic mass is 9.91. The first-order chi connectivity index (χ1) is 37.0. The average molecular weight is 1110 g/mol. The van der Waals surface area contributed by atoms with Gasteiger partial charge in [-0.15, -0.1) is 0 Å². The van der Waals surface area contributed by atoms with E-state index >= 15 is 0 Å². The Morgan fingerprint density at radius 3 is 2.06 bits per heavy atom. The van der Waals surface area contributed by atoms with Crippen LogP contribution in [0.25, 0.3) is 0 Å². The molecule has 22 heteroatoms. The van der Waals surface area contributed by atoms with Gasteiger partial charge in [0.25, 0.3) is 5.91 Å². The normalized spacial score (nSPS) is 27.2. The molecule has 4 unspecified atom stereocenters. The van der Waals surface area contributed by atoms with Crippen LogP contribution in [0.1, 0.15) is 133 Å². The molecule has 3 aliphatic heterocycles. The van der Waals surface area contributed by atoms with Gasteiger partial charge in [0.2, 0.25) is 41.2 Å². The maximum atomic E-state index is 15.0. The second-order valence-electron chi connectivity index (χ2n) is 22.8. The van der Waals surface area contributed by atoms with Crippen molar-refractivity contribution in [3.8, 4) is 5.75 Å². The largest absolute Gasteiger partial charge is 0.497 e. The number of likely N-dealkylation sites (N-methyl/N-ethyl adjacent to an activating group) is 2. The molecule has 3 fully saturated rings. The van der Waals surface area contributed by atoms with E-state index < -0.39 is 150 Å². The van der Waals surface area contributed by atoms with Crippen molar-refractivity contribution in [2.24, 2.45) is 29.6 Å². The molecule has 3 heterocycles. The first-order valence-corrected chi connectivity index (χ1v) is 27.9. The maximum absolute atomic E-state index is 15.0. The highest BCUT2D eigenvalue weighted by atomic mass is 16.6. The number of nitrogens with one attached hydrogen (secondary N) is 3. The highest BCUT2D eigenvalue weighted by molar-refractivity contribution is 6.35. The Labute approximate surface area is 465 Å². The van der Waals surface area contributed by atoms with Gasteiger partial charge in [-0.25, -0.2) is 4.79 Å². The summed E-state index contributed by atoms with van der Waals surface area (Å²) >= 11 is 0. The third kappa shape index (κ3) is 16.8. The molecule has 0 saturated carbocycles. The van der Waals surface area contributed by atoms with Crippen LogP contribution in [0.15, 0.2) is 24.3 Å². The van der Waals surface area contributed by atoms with Crippen molar-refractivity contribution in [1.29, 1.82) is 0 Å². The fourth-order valence-electron chi connectivity index (χ4n) is 10.5. The van der Waals surface area contributed by atoms with E-state index in [1.165, 1.54) is 54.7 Å². The van der Waals surface area contributed by atoms with Crippen LogP contribution >= 0.6 is 0 Å². The number of ether oxygens (including phenoxy) is 3. The van der Waals surface area contributed by atoms with Gasteiger partial charge in [0.1, 0.15) is 48.1 Å². The number of rotatable bonds is 15. The number of esters is 2. The molecule has 440 valence electrons. The van der Waals surface area contributed by atoms with E-state index in [2.05, 4.69) is 16.0 Å². The van der Waals surface area contributed by atoms with Crippen LogP contribution in [0.4, 0.5) is 0 Å². The number of benzene rings is 1. The molecule has 7 amide bonds. The number of likely N-dealkylation sites (tertiary alicyclic amines) is 1. The van der Waals surface area contributed by atoms with E-state index in [9.17, 15) is 57.8 Å². The second kappa shape index (κ2) is 29.1. The van der Waals surface area contributed by atoms with Gasteiger partial charge in [-0.1, -0.05) is 73.9 Å². The van der Waals surface area contributed by atoms with Gasteiger partial charge in [-0.3, -0.25) is 47.9 Å². The van der Waals surface area contributed by atoms with Crippen LogP contribution in [-0.4, -0.2) is 184 Å². The third-order valence-corrected chi connectivity index (χ3v) is 15.4. The number of carbonyl (C=O) groups is 11. The molecule has 1 aromatic carbocycles. The van der Waals surface area contributed by atoms with Gasteiger partial charge in [-0.2, -0.15) is 0 Å². The molecule has 12 atom stereocenters. The van der Waals surface area contributed by atoms with Crippen molar-refractivity contribution in [1.82, 2.24) is 35.6 Å². The number of methoxy groups -OCH3 is 1. The van der Waals surface area contributed by atoms with Gasteiger partial charge < -0.3 is 54.9 Å². The van der Waals surface area contributed by atoms with Gasteiger partial charge in [0, 0.05) is 40.5 Å². The fourth-order valence-corrected chi connectivity index (χ4v) is 10.5. The summed E-state index contributed by atoms with van der Waals surface area (Å²) in [5.74, 6) is -11.3. The molecule has 4 rings (SSSR count). The predicted octanol–water partition coefficient (Wildman–Crippen LogP) is 2.52. The zero-order valence-corrected chi connectivity index (χ0v) is 48.7. The second-order valence-corrected chi connectivity index (χ2v) is 22.8. The van der Waals surface area contributed by atoms with E-state index in [0.29, 0.717) is 30.6 Å². The van der Waals surface area contributed by atoms with Gasteiger partial charge in [0.15, 0.2) is 11.9 Å². The first-order valence-electron chi connectivity index (χ1n) is 27.9. The molecule has 4 N–H and O–H groups in total. The van der Waals surface area contributed by atoms with E-state index in [-0.39, 0.29) is 57.0 Å². The summed E-state index contributed by atoms with van der Waals surface area (Å²) in [5.41, 5.74) is 0.566. The smallest absolute Gasteiger partial charge is 0.329 e. The number of hydrogen-bond donors (Lipinski definition) is 4. The number of fused-ring (bicyclic) bond motifs is 1. The minimum absolute atomic E-state index is 0.0545. The van der Waals surface area contributed by atoms with Crippen LogP contribution < -0.4 is 20.7 Å². The Kier molecular flexibility index (Phi) is 24.0. The van der Waals surface area contributed by atoms with Crippen molar-refractivity contribution in [3.63, 3.8) is 0 Å². The number of carbonyl (C=O) groups excluding carboxylic acids is 11. The highest BCUT2D eigenvalue weighted by Gasteiger charge is 2.46. The Morgan fingerprint density at radius 1 is 0.861 bits per heavy atom. The summed E-state index contributed by atoms with van der Waals surface area (Å²) in [4.78, 5) is 160. The quantitative estimate of drug-likeness (QED) is 0.112. The SMILES string of the molecule is CCC(C)[C@H]1NC(=O)[C@@H](NC(=O)[C@@H](CC(C)C)N(C)C(=O)C2CCCN2C(=O)C(C)=O)[C@H](C)OC(=O)C(Cc2ccc(OC)cc2)N(C)C(=O)C2CCCN2C(=O)[C@H](CC(C)C)NC(=O)[C@@H](C)C(=O)[C@H](C(C)C)OC(=O)C[C@@H]1O. The lowest BCUT2D eigenvalue weighted by Gasteiger charge is -2.36. The fraction of sp³-hybridized carbons (Fsp3) is 0.702. The number of aliphatic hydroxyl groups excluding tert-OH is 1. The minimum atomic E-state index is -1.78. The summed E-state index contributed by atoms with van der Waals surface area (Å²) < 4.78 is 17.2. The van der Waals surface area contributed by atoms with Crippen LogP contribution in [-0.2, 0) is 68.6 Å². The van der Waals surface area contributed by atoms with Gasteiger partial charge >= 0.3 is 11.9 Å². The summed E-state index contributed by atoms with van der Waals surface area (Å²) in [6, 6.07) is -2.32. The summed E-state index contributed by atoms with van der Waals surface area (Å²) in [5, 5.41) is 20.1. The average Bonchev–Trinajstić information content (AvgIpc) is 4.13. The van der Waals surface area contributed by atoms with Crippen LogP contribution in [0, 0.1) is 29.6 Å². The standard InChI is InChI=1S/C57H87N7O15/c1-15-33(8)46-44(66)29-45(67)79-49(32(6)7)48(68)34(9)50(69)58-39(26-30(2)3)54(73)64-25-17-19-41(64)56(75)62(13)43(28-37-20-22-38(77-14)23-21-37)57(76)78-36(11)47(52(71)59-46)60-51(70)42(27-31(4)5)61(12)55(74)40-18-16-24-63(40)53(72)35(10)65/h20-23,30-34,36,39-44,46-47,49,66H,15-19,24-29H2,1-14H3,(H,58,69)(H,59,71)(H,60,70)/t33?,34-,36-,39-,40?,41?,42+,43?,44-,46+,47-,49-/m0/s1. The van der Waals surface area contributed by atoms with Crippen LogP contribution in [0.5, 0.6) is 5.75 Å². The number of aliphatic hydroxyl groups is 1. The molecular formula is C57H87N7O15. The Bertz CT molecular complexity index is 2380. The van der Waals surface area contributed by atoms with Gasteiger partial charge in [0.05, 0.1) is 31.6 Å². The van der Waals surface area contributed by atoms with Gasteiger partial charge in [-0.05, 0) is 93.7 Å². The maximum Gasteiger partial charge on any atom is 0.329 e. The molecule has 0 bridgehead atoms. The van der Waals surface area contributed by atoms with Crippen molar-refractivity contribution >= 4 is 64.9 Å². The van der Waals surface area contributed by atoms with Crippen molar-refractivity contribution in [2.45, 2.75) is 195 Å². The molecule has 0 aliphatic carbocycles. The molecule has 1 aromatic rings. The number of cyclic esters (lactones) is 2. The minimum Gasteiger partial charge on any atom is -0.497 e. The van der Waals surface area contributed by atoms with Crippen molar-refractivity contribution in [2.75, 3.05) is 34.3 Å². The summed E-state index contributed by atoms with van der Waals surface area (Å²) in [7, 11) is 4.26. The van der Waals surface area contributed by atoms with E-state index in [1.807, 2.05) is 27.7 Å². The number of ketones is 2. The molecule has 0 aromatic heterocycles. The monoisotopic (exact) mass is 1110 g/mol. The Balaban J connectivity index is 1.89. The van der Waals surface area contributed by atoms with Crippen molar-refractivity contribution < 1.29 is 72.1 Å². The highest BCUT2D eigenvalue weighted by Crippen LogP contribution is 2.27. The lowest BCUT2D eigenvalue weighted by Crippen LogP contribution is -2.62. The molecule has 0 radical (unpaired) electrons. The lowest BCUT2D eigenvalue weighted by molar-refractivity contribution is -0.163. The van der Waals surface area contributed by atoms with Crippen LogP contribution in [0.2, 0.25) is 0 Å². The summed E-state index contributed by atoms with van der Waals surface area (Å²) in [6.45, 7) is 18.1. The molecule has 3 aliphatic rings. The number of amides is 7. The number of nitrogens with zero attached hydrogens (tertiary/aromatic N) is 4. The topological polar surface area (TPSA) is 285 Å². The molecule has 0 spiro atoms. The molecule has 22 nitrogen and oxygen atoms in total. The predicted molar refractivity (Wildman–Crippen MR) is 289 cm³/mol.